The summed E-state index contributed by atoms with van der Waals surface area (Å²) in [5.41, 5.74) is 2.10. The minimum Gasteiger partial charge on any atom is -0.381 e. The molecule has 2 atom stereocenters. The molecule has 5 rings (SSSR count). The highest BCUT2D eigenvalue weighted by Gasteiger charge is 2.41. The maximum atomic E-state index is 15.7. The summed E-state index contributed by atoms with van der Waals surface area (Å²) in [5.74, 6) is -0.441. The molecular weight excluding hydrogens is 517 g/mol. The van der Waals surface area contributed by atoms with Crippen LogP contribution in [0.25, 0.3) is 0 Å². The van der Waals surface area contributed by atoms with Crippen molar-refractivity contribution in [1.82, 2.24) is 14.6 Å². The molecule has 2 saturated heterocycles. The molecule has 0 saturated carbocycles. The topological polar surface area (TPSA) is 91.5 Å². The Morgan fingerprint density at radius 1 is 1.10 bits per heavy atom. The maximum absolute atomic E-state index is 15.7. The number of nitrogens with one attached hydrogen (secondary N) is 2. The number of sulfonamides is 1. The van der Waals surface area contributed by atoms with Crippen LogP contribution in [0, 0.1) is 5.82 Å². The van der Waals surface area contributed by atoms with Crippen LogP contribution in [0.3, 0.4) is 0 Å². The minimum absolute atomic E-state index is 0.0601. The van der Waals surface area contributed by atoms with E-state index in [1.165, 1.54) is 16.4 Å². The van der Waals surface area contributed by atoms with Crippen LogP contribution in [0.2, 0.25) is 0 Å². The van der Waals surface area contributed by atoms with Gasteiger partial charge in [0.1, 0.15) is 11.1 Å². The second kappa shape index (κ2) is 11.6. The van der Waals surface area contributed by atoms with Gasteiger partial charge in [0.2, 0.25) is 15.6 Å². The summed E-state index contributed by atoms with van der Waals surface area (Å²) in [6.45, 7) is 5.37. The van der Waals surface area contributed by atoms with Gasteiger partial charge in [0.15, 0.2) is 0 Å². The number of aromatic nitrogens is 1. The lowest BCUT2D eigenvalue weighted by Crippen LogP contribution is -2.46. The van der Waals surface area contributed by atoms with Crippen molar-refractivity contribution in [3.05, 3.63) is 118 Å². The number of hydrogen-bond acceptors (Lipinski definition) is 5. The van der Waals surface area contributed by atoms with Gasteiger partial charge < -0.3 is 15.0 Å². The average Bonchev–Trinajstić information content (AvgIpc) is 2.95. The molecule has 2 aliphatic heterocycles. The molecule has 3 aromatic rings. The fraction of sp³-hybridized carbons (Fsp3) is 0.367. The number of aromatic amines is 1. The van der Waals surface area contributed by atoms with Gasteiger partial charge in [0.25, 0.3) is 0 Å². The molecule has 0 amide bonds. The molecule has 0 unspecified atom stereocenters. The van der Waals surface area contributed by atoms with E-state index in [0.717, 1.165) is 16.7 Å². The predicted molar refractivity (Wildman–Crippen MR) is 149 cm³/mol. The van der Waals surface area contributed by atoms with Gasteiger partial charge in [-0.1, -0.05) is 54.6 Å². The van der Waals surface area contributed by atoms with Crippen LogP contribution in [0.1, 0.15) is 53.2 Å². The molecule has 206 valence electrons. The second-order valence-electron chi connectivity index (χ2n) is 10.3. The number of ether oxygens (including phenoxy) is 1. The highest BCUT2D eigenvalue weighted by Crippen LogP contribution is 2.39. The van der Waals surface area contributed by atoms with Crippen LogP contribution in [-0.2, 0) is 33.4 Å². The number of hydrogen-bond donors (Lipinski definition) is 2. The molecular formula is C30H34FN3O4S. The smallest absolute Gasteiger partial charge is 0.247 e. The Kier molecular flexibility index (Phi) is 8.13. The van der Waals surface area contributed by atoms with E-state index in [2.05, 4.69) is 16.9 Å². The van der Waals surface area contributed by atoms with Crippen molar-refractivity contribution in [1.29, 1.82) is 0 Å². The fourth-order valence-electron chi connectivity index (χ4n) is 5.67. The van der Waals surface area contributed by atoms with Gasteiger partial charge >= 0.3 is 0 Å². The molecule has 1 aromatic heterocycles. The lowest BCUT2D eigenvalue weighted by Gasteiger charge is -2.39. The van der Waals surface area contributed by atoms with E-state index < -0.39 is 32.7 Å². The lowest BCUT2D eigenvalue weighted by atomic mass is 9.82. The second-order valence-corrected chi connectivity index (χ2v) is 12.4. The monoisotopic (exact) mass is 551 g/mol. The third-order valence-corrected chi connectivity index (χ3v) is 10.3. The van der Waals surface area contributed by atoms with Crippen LogP contribution >= 0.6 is 0 Å². The normalized spacial score (nSPS) is 22.8. The first-order valence-corrected chi connectivity index (χ1v) is 14.8. The summed E-state index contributed by atoms with van der Waals surface area (Å²) < 4.78 is 50.1. The summed E-state index contributed by atoms with van der Waals surface area (Å²) in [6.07, 6.45) is 5.75. The van der Waals surface area contributed by atoms with Crippen molar-refractivity contribution in [3.8, 4) is 0 Å². The number of benzene rings is 2. The quantitative estimate of drug-likeness (QED) is 0.402. The van der Waals surface area contributed by atoms with E-state index in [4.69, 9.17) is 4.74 Å². The molecule has 2 fully saturated rings. The van der Waals surface area contributed by atoms with Gasteiger partial charge in [-0.2, -0.15) is 4.31 Å². The van der Waals surface area contributed by atoms with Gasteiger partial charge in [-0.05, 0) is 48.4 Å². The van der Waals surface area contributed by atoms with Crippen LogP contribution < -0.4 is 10.9 Å². The number of halogens is 1. The van der Waals surface area contributed by atoms with Crippen LogP contribution in [0.5, 0.6) is 0 Å². The van der Waals surface area contributed by atoms with E-state index in [0.29, 0.717) is 51.0 Å². The average molecular weight is 552 g/mol. The summed E-state index contributed by atoms with van der Waals surface area (Å²) in [7, 11) is -3.74. The molecule has 2 N–H and O–H groups in total. The third-order valence-electron chi connectivity index (χ3n) is 7.98. The zero-order valence-electron chi connectivity index (χ0n) is 21.8. The van der Waals surface area contributed by atoms with E-state index in [1.807, 2.05) is 36.4 Å². The van der Waals surface area contributed by atoms with E-state index in [9.17, 15) is 13.2 Å². The zero-order valence-corrected chi connectivity index (χ0v) is 22.6. The van der Waals surface area contributed by atoms with E-state index in [1.54, 1.807) is 24.4 Å². The molecule has 0 spiro atoms. The third kappa shape index (κ3) is 5.77. The Morgan fingerprint density at radius 3 is 2.54 bits per heavy atom. The number of H-pyrrole nitrogens is 1. The summed E-state index contributed by atoms with van der Waals surface area (Å²) in [6, 6.07) is 17.2. The highest BCUT2D eigenvalue weighted by molar-refractivity contribution is 7.89. The summed E-state index contributed by atoms with van der Waals surface area (Å²) in [4.78, 5) is 14.1. The van der Waals surface area contributed by atoms with Crippen LogP contribution in [-0.4, -0.2) is 37.0 Å². The van der Waals surface area contributed by atoms with E-state index in [-0.39, 0.29) is 12.1 Å². The molecule has 39 heavy (non-hydrogen) atoms. The molecule has 3 heterocycles. The van der Waals surface area contributed by atoms with Crippen LogP contribution in [0.4, 0.5) is 4.39 Å². The molecule has 0 bridgehead atoms. The lowest BCUT2D eigenvalue weighted by molar-refractivity contribution is 0.0356. The molecule has 0 radical (unpaired) electrons. The van der Waals surface area contributed by atoms with Crippen molar-refractivity contribution < 1.29 is 17.5 Å². The van der Waals surface area contributed by atoms with Crippen molar-refractivity contribution in [2.45, 2.75) is 55.6 Å². The molecule has 7 nitrogen and oxygen atoms in total. The Balaban J connectivity index is 1.40. The van der Waals surface area contributed by atoms with Crippen molar-refractivity contribution in [3.63, 3.8) is 0 Å². The first-order valence-electron chi connectivity index (χ1n) is 13.3. The van der Waals surface area contributed by atoms with E-state index >= 15 is 4.39 Å². The number of rotatable bonds is 8. The first-order chi connectivity index (χ1) is 18.8. The Labute approximate surface area is 228 Å². The van der Waals surface area contributed by atoms with Gasteiger partial charge in [-0.15, -0.1) is 6.58 Å². The highest BCUT2D eigenvalue weighted by atomic mass is 32.2. The van der Waals surface area contributed by atoms with Crippen molar-refractivity contribution >= 4 is 10.0 Å². The van der Waals surface area contributed by atoms with Crippen molar-refractivity contribution in [2.24, 2.45) is 0 Å². The largest absolute Gasteiger partial charge is 0.381 e. The van der Waals surface area contributed by atoms with Gasteiger partial charge in [0, 0.05) is 55.7 Å². The van der Waals surface area contributed by atoms with Crippen LogP contribution in [0.15, 0.2) is 84.3 Å². The van der Waals surface area contributed by atoms with Crippen molar-refractivity contribution in [2.75, 3.05) is 13.2 Å². The molecule has 0 aliphatic carbocycles. The maximum Gasteiger partial charge on any atom is 0.247 e. The zero-order chi connectivity index (χ0) is 27.5. The number of nitrogens with zero attached hydrogens (tertiary/aromatic N) is 1. The molecule has 2 aliphatic rings. The van der Waals surface area contributed by atoms with Gasteiger partial charge in [-0.25, -0.2) is 12.8 Å². The predicted octanol–water partition coefficient (Wildman–Crippen LogP) is 4.53. The Hall–Kier alpha value is -3.11. The van der Waals surface area contributed by atoms with Gasteiger partial charge in [-0.3, -0.25) is 4.79 Å². The first kappa shape index (κ1) is 27.5. The minimum atomic E-state index is -3.74. The summed E-state index contributed by atoms with van der Waals surface area (Å²) in [5, 5.41) is 2.91. The molecule has 2 aromatic carbocycles. The summed E-state index contributed by atoms with van der Waals surface area (Å²) >= 11 is 0. The van der Waals surface area contributed by atoms with Gasteiger partial charge in [0.05, 0.1) is 0 Å². The SMILES string of the molecule is C=C[C@H]1CC[C@H](c2ccccc2)S(=O)(=O)N1Cc1ccc(C2(NCc3ccc(=O)[nH]c3)CCOCC2)cc1F. The standard InChI is InChI=1S/C30H34FN3O4S/c1-2-26-11-12-28(23-6-4-3-5-7-23)39(36,37)34(26)21-24-9-10-25(18-27(24)31)30(14-16-38-17-15-30)33-20-22-8-13-29(35)32-19-22/h2-10,13,18-19,26,28,33H,1,11-12,14-17,20-21H2,(H,32,35)/t26-,28+/m0/s1. The fourth-order valence-corrected chi connectivity index (χ4v) is 7.82. The number of pyridine rings is 1. The Morgan fingerprint density at radius 2 is 1.87 bits per heavy atom. The Bertz CT molecular complexity index is 1450. The molecule has 9 heteroatoms.